The Bertz CT molecular complexity index is 552. The normalized spacial score (nSPS) is 17.0. The number of anilines is 1. The Morgan fingerprint density at radius 3 is 2.33 bits per heavy atom. The maximum Gasteiger partial charge on any atom is 0.332 e. The minimum atomic E-state index is -0.366. The van der Waals surface area contributed by atoms with Crippen molar-refractivity contribution in [2.24, 2.45) is 14.1 Å². The number of rotatable bonds is 2. The second kappa shape index (κ2) is 4.97. The molecule has 2 rings (SSSR count). The van der Waals surface area contributed by atoms with Crippen LogP contribution in [0.3, 0.4) is 0 Å². The van der Waals surface area contributed by atoms with Crippen molar-refractivity contribution in [3.05, 3.63) is 26.4 Å². The number of hydrogen-bond acceptors (Lipinski definition) is 3. The molecule has 0 saturated carbocycles. The van der Waals surface area contributed by atoms with Crippen LogP contribution in [0.2, 0.25) is 0 Å². The predicted molar refractivity (Wildman–Crippen MR) is 69.6 cm³/mol. The number of quaternary nitrogens is 1. The van der Waals surface area contributed by atoms with Crippen LogP contribution in [0.4, 0.5) is 5.82 Å². The van der Waals surface area contributed by atoms with Gasteiger partial charge in [0.25, 0.3) is 5.56 Å². The summed E-state index contributed by atoms with van der Waals surface area (Å²) in [6.07, 6.45) is 3.66. The number of piperidine rings is 1. The van der Waals surface area contributed by atoms with Crippen LogP contribution in [0.5, 0.6) is 0 Å². The minimum Gasteiger partial charge on any atom is -0.384 e. The van der Waals surface area contributed by atoms with Crippen LogP contribution in [-0.2, 0) is 20.6 Å². The maximum atomic E-state index is 12.1. The van der Waals surface area contributed by atoms with Crippen molar-refractivity contribution >= 4 is 5.82 Å². The van der Waals surface area contributed by atoms with Crippen molar-refractivity contribution in [1.29, 1.82) is 0 Å². The van der Waals surface area contributed by atoms with Gasteiger partial charge in [0.1, 0.15) is 17.9 Å². The van der Waals surface area contributed by atoms with Crippen LogP contribution in [0.1, 0.15) is 24.8 Å². The number of nitrogens with two attached hydrogens (primary N) is 1. The standard InChI is InChI=1S/C12H20N4O2/c1-14-10(13)9(11(17)15(2)12(14)18)8-16-6-4-3-5-7-16/h3-8,13H2,1-2H3/p+1. The summed E-state index contributed by atoms with van der Waals surface area (Å²) >= 11 is 0. The third-order valence-corrected chi connectivity index (χ3v) is 3.79. The Morgan fingerprint density at radius 2 is 1.72 bits per heavy atom. The minimum absolute atomic E-state index is 0.256. The molecule has 1 aliphatic heterocycles. The van der Waals surface area contributed by atoms with E-state index in [2.05, 4.69) is 0 Å². The molecule has 0 aliphatic carbocycles. The molecule has 0 radical (unpaired) electrons. The van der Waals surface area contributed by atoms with Gasteiger partial charge in [-0.05, 0) is 19.3 Å². The Kier molecular flexibility index (Phi) is 3.56. The summed E-state index contributed by atoms with van der Waals surface area (Å²) in [5, 5.41) is 0. The zero-order chi connectivity index (χ0) is 13.3. The molecule has 2 heterocycles. The number of hydrogen-bond donors (Lipinski definition) is 2. The van der Waals surface area contributed by atoms with Gasteiger partial charge in [0.2, 0.25) is 0 Å². The van der Waals surface area contributed by atoms with E-state index in [-0.39, 0.29) is 11.2 Å². The van der Waals surface area contributed by atoms with Crippen molar-refractivity contribution < 1.29 is 4.90 Å². The largest absolute Gasteiger partial charge is 0.384 e. The van der Waals surface area contributed by atoms with Gasteiger partial charge in [0, 0.05) is 14.1 Å². The van der Waals surface area contributed by atoms with Crippen LogP contribution in [0.25, 0.3) is 0 Å². The van der Waals surface area contributed by atoms with E-state index >= 15 is 0 Å². The van der Waals surface area contributed by atoms with Crippen LogP contribution >= 0.6 is 0 Å². The lowest BCUT2D eigenvalue weighted by Crippen LogP contribution is -3.11. The molecule has 0 amide bonds. The van der Waals surface area contributed by atoms with Crippen molar-refractivity contribution in [3.63, 3.8) is 0 Å². The average Bonchev–Trinajstić information content (AvgIpc) is 2.40. The van der Waals surface area contributed by atoms with E-state index in [1.165, 1.54) is 35.8 Å². The third kappa shape index (κ3) is 2.20. The summed E-state index contributed by atoms with van der Waals surface area (Å²) in [5.74, 6) is 0.307. The fraction of sp³-hybridized carbons (Fsp3) is 0.667. The van der Waals surface area contributed by atoms with Gasteiger partial charge in [-0.2, -0.15) is 0 Å². The molecule has 0 bridgehead atoms. The number of nitrogens with zero attached hydrogens (tertiary/aromatic N) is 2. The van der Waals surface area contributed by atoms with Gasteiger partial charge in [0.15, 0.2) is 0 Å². The SMILES string of the molecule is Cn1c(N)c(C[NH+]2CCCCC2)c(=O)n(C)c1=O. The van der Waals surface area contributed by atoms with E-state index in [0.717, 1.165) is 17.7 Å². The van der Waals surface area contributed by atoms with Gasteiger partial charge in [0.05, 0.1) is 13.1 Å². The highest BCUT2D eigenvalue weighted by Crippen LogP contribution is 2.02. The van der Waals surface area contributed by atoms with Gasteiger partial charge in [-0.1, -0.05) is 0 Å². The van der Waals surface area contributed by atoms with E-state index in [9.17, 15) is 9.59 Å². The van der Waals surface area contributed by atoms with E-state index in [4.69, 9.17) is 5.73 Å². The predicted octanol–water partition coefficient (Wildman–Crippen LogP) is -1.76. The van der Waals surface area contributed by atoms with E-state index < -0.39 is 0 Å². The number of likely N-dealkylation sites (tertiary alicyclic amines) is 1. The average molecular weight is 253 g/mol. The van der Waals surface area contributed by atoms with Crippen LogP contribution in [-0.4, -0.2) is 22.2 Å². The molecule has 1 saturated heterocycles. The Balaban J connectivity index is 2.38. The number of nitrogens with one attached hydrogen (secondary N) is 1. The summed E-state index contributed by atoms with van der Waals surface area (Å²) in [4.78, 5) is 25.2. The van der Waals surface area contributed by atoms with E-state index in [1.807, 2.05) is 0 Å². The first kappa shape index (κ1) is 12.9. The highest BCUT2D eigenvalue weighted by atomic mass is 16.2. The number of aromatic nitrogens is 2. The second-order valence-electron chi connectivity index (χ2n) is 5.06. The van der Waals surface area contributed by atoms with Gasteiger partial charge in [-0.15, -0.1) is 0 Å². The highest BCUT2D eigenvalue weighted by Gasteiger charge is 2.20. The lowest BCUT2D eigenvalue weighted by molar-refractivity contribution is -0.918. The molecule has 3 N–H and O–H groups in total. The first-order valence-corrected chi connectivity index (χ1v) is 6.40. The molecule has 0 spiro atoms. The highest BCUT2D eigenvalue weighted by molar-refractivity contribution is 5.37. The number of nitrogen functional groups attached to an aromatic ring is 1. The zero-order valence-corrected chi connectivity index (χ0v) is 11.0. The van der Waals surface area contributed by atoms with Crippen molar-refractivity contribution in [1.82, 2.24) is 9.13 Å². The quantitative estimate of drug-likeness (QED) is 0.655. The third-order valence-electron chi connectivity index (χ3n) is 3.79. The molecule has 6 nitrogen and oxygen atoms in total. The fourth-order valence-corrected chi connectivity index (χ4v) is 2.57. The molecule has 1 aromatic rings. The Labute approximate surface area is 106 Å². The molecule has 1 aromatic heterocycles. The Morgan fingerprint density at radius 1 is 1.11 bits per heavy atom. The first-order valence-electron chi connectivity index (χ1n) is 6.40. The summed E-state index contributed by atoms with van der Waals surface area (Å²) in [7, 11) is 3.10. The summed E-state index contributed by atoms with van der Waals surface area (Å²) in [5.41, 5.74) is 5.85. The summed E-state index contributed by atoms with van der Waals surface area (Å²) < 4.78 is 2.48. The van der Waals surface area contributed by atoms with Gasteiger partial charge in [-0.3, -0.25) is 13.9 Å². The molecule has 6 heteroatoms. The molecule has 100 valence electrons. The topological polar surface area (TPSA) is 74.5 Å². The second-order valence-corrected chi connectivity index (χ2v) is 5.06. The van der Waals surface area contributed by atoms with Crippen molar-refractivity contribution in [2.75, 3.05) is 18.8 Å². The van der Waals surface area contributed by atoms with Gasteiger partial charge >= 0.3 is 5.69 Å². The summed E-state index contributed by atoms with van der Waals surface area (Å²) in [6, 6.07) is 0. The lowest BCUT2D eigenvalue weighted by Gasteiger charge is -2.24. The van der Waals surface area contributed by atoms with Crippen LogP contribution in [0, 0.1) is 0 Å². The maximum absolute atomic E-state index is 12.1. The lowest BCUT2D eigenvalue weighted by atomic mass is 10.1. The monoisotopic (exact) mass is 253 g/mol. The molecule has 1 fully saturated rings. The summed E-state index contributed by atoms with van der Waals surface area (Å²) in [6.45, 7) is 2.77. The molecule has 0 atom stereocenters. The van der Waals surface area contributed by atoms with Gasteiger partial charge in [-0.25, -0.2) is 4.79 Å². The fourth-order valence-electron chi connectivity index (χ4n) is 2.57. The van der Waals surface area contributed by atoms with Crippen molar-refractivity contribution in [2.45, 2.75) is 25.8 Å². The molecule has 0 unspecified atom stereocenters. The van der Waals surface area contributed by atoms with Crippen molar-refractivity contribution in [3.8, 4) is 0 Å². The first-order chi connectivity index (χ1) is 8.52. The Hall–Kier alpha value is -1.56. The van der Waals surface area contributed by atoms with Crippen LogP contribution < -0.4 is 21.9 Å². The zero-order valence-electron chi connectivity index (χ0n) is 11.0. The molecule has 0 aromatic carbocycles. The van der Waals surface area contributed by atoms with E-state index in [1.54, 1.807) is 7.05 Å². The molecule has 18 heavy (non-hydrogen) atoms. The van der Waals surface area contributed by atoms with Gasteiger partial charge < -0.3 is 10.6 Å². The molecule has 1 aliphatic rings. The van der Waals surface area contributed by atoms with E-state index in [0.29, 0.717) is 17.9 Å². The smallest absolute Gasteiger partial charge is 0.332 e. The molecular weight excluding hydrogens is 232 g/mol. The van der Waals surface area contributed by atoms with Crippen LogP contribution in [0.15, 0.2) is 9.59 Å². The molecular formula is C12H21N4O2+.